The van der Waals surface area contributed by atoms with Gasteiger partial charge in [-0.25, -0.2) is 14.5 Å². The summed E-state index contributed by atoms with van der Waals surface area (Å²) in [5.41, 5.74) is 2.98. The highest BCUT2D eigenvalue weighted by molar-refractivity contribution is 6.13. The number of amides is 5. The maximum absolute atomic E-state index is 13.3. The van der Waals surface area contributed by atoms with Crippen LogP contribution in [0.4, 0.5) is 15.3 Å². The van der Waals surface area contributed by atoms with E-state index in [0.29, 0.717) is 23.8 Å². The van der Waals surface area contributed by atoms with Crippen molar-refractivity contribution in [1.29, 1.82) is 0 Å². The lowest BCUT2D eigenvalue weighted by Crippen LogP contribution is -2.48. The highest BCUT2D eigenvalue weighted by atomic mass is 16.4. The molecule has 0 spiro atoms. The number of fused-ring (bicyclic) bond motifs is 4. The molecule has 3 fully saturated rings. The van der Waals surface area contributed by atoms with Crippen molar-refractivity contribution in [2.45, 2.75) is 32.0 Å². The summed E-state index contributed by atoms with van der Waals surface area (Å²) in [4.78, 5) is 45.4. The Balaban J connectivity index is 1.17. The van der Waals surface area contributed by atoms with Crippen LogP contribution in [0.15, 0.2) is 101 Å². The number of anilines is 1. The number of carbonyl (C=O) groups excluding carboxylic acids is 3. The third-order valence-electron chi connectivity index (χ3n) is 8.12. The third kappa shape index (κ3) is 6.62. The zero-order valence-corrected chi connectivity index (χ0v) is 23.9. The van der Waals surface area contributed by atoms with E-state index >= 15 is 0 Å². The van der Waals surface area contributed by atoms with Gasteiger partial charge in [-0.15, -0.1) is 0 Å². The first-order valence-corrected chi connectivity index (χ1v) is 14.7. The van der Waals surface area contributed by atoms with Gasteiger partial charge in [-0.05, 0) is 60.4 Å². The molecule has 2 N–H and O–H groups in total. The van der Waals surface area contributed by atoms with Crippen LogP contribution >= 0.6 is 0 Å². The molecule has 4 aromatic rings. The zero-order valence-electron chi connectivity index (χ0n) is 23.9. The van der Waals surface area contributed by atoms with Crippen LogP contribution in [0.2, 0.25) is 0 Å². The predicted octanol–water partition coefficient (Wildman–Crippen LogP) is 5.49. The number of nitrogens with zero attached hydrogens (tertiary/aromatic N) is 3. The summed E-state index contributed by atoms with van der Waals surface area (Å²) in [6, 6.07) is 28.7. The lowest BCUT2D eigenvalue weighted by molar-refractivity contribution is 0.0653. The standard InChI is InChI=1S/C34H35N5O4/c40-32(38-22-21-37-19-17-28(38)18-20-37)31-16-15-30(43-31)27-11-13-29(14-12-27)39(33(41)35-23-25-7-3-1-4-8-25)34(42)36-24-26-9-5-2-6-10-26/h1-16,28H,17-24H2,(H,35,41)(H,36,42). The maximum Gasteiger partial charge on any atom is 0.330 e. The number of benzene rings is 3. The maximum atomic E-state index is 13.3. The number of nitrogens with one attached hydrogen (secondary N) is 2. The molecule has 0 unspecified atom stereocenters. The van der Waals surface area contributed by atoms with Crippen LogP contribution < -0.4 is 15.5 Å². The van der Waals surface area contributed by atoms with Crippen molar-refractivity contribution in [1.82, 2.24) is 20.4 Å². The van der Waals surface area contributed by atoms with E-state index in [4.69, 9.17) is 4.42 Å². The smallest absolute Gasteiger partial charge is 0.330 e. The first-order valence-electron chi connectivity index (χ1n) is 14.7. The first-order chi connectivity index (χ1) is 21.0. The van der Waals surface area contributed by atoms with Crippen LogP contribution in [-0.2, 0) is 13.1 Å². The fourth-order valence-corrected chi connectivity index (χ4v) is 5.71. The van der Waals surface area contributed by atoms with Crippen molar-refractivity contribution >= 4 is 23.7 Å². The van der Waals surface area contributed by atoms with Crippen LogP contribution in [0.1, 0.15) is 34.5 Å². The summed E-state index contributed by atoms with van der Waals surface area (Å²) in [6.07, 6.45) is 1.99. The minimum absolute atomic E-state index is 0.0760. The number of piperidine rings is 1. The zero-order chi connectivity index (χ0) is 29.6. The molecule has 3 aliphatic rings. The van der Waals surface area contributed by atoms with Gasteiger partial charge in [-0.3, -0.25) is 4.79 Å². The highest BCUT2D eigenvalue weighted by Crippen LogP contribution is 2.28. The summed E-state index contributed by atoms with van der Waals surface area (Å²) < 4.78 is 6.03. The van der Waals surface area contributed by atoms with Gasteiger partial charge in [0, 0.05) is 50.9 Å². The summed E-state index contributed by atoms with van der Waals surface area (Å²) in [7, 11) is 0. The Morgan fingerprint density at radius 2 is 1.28 bits per heavy atom. The first kappa shape index (κ1) is 28.2. The van der Waals surface area contributed by atoms with Gasteiger partial charge in [-0.2, -0.15) is 0 Å². The molecule has 0 saturated carbocycles. The highest BCUT2D eigenvalue weighted by Gasteiger charge is 2.33. The molecule has 3 saturated heterocycles. The van der Waals surface area contributed by atoms with Crippen molar-refractivity contribution in [2.75, 3.05) is 31.1 Å². The number of rotatable bonds is 7. The Morgan fingerprint density at radius 3 is 1.86 bits per heavy atom. The largest absolute Gasteiger partial charge is 0.451 e. The van der Waals surface area contributed by atoms with Gasteiger partial charge in [0.25, 0.3) is 5.91 Å². The van der Waals surface area contributed by atoms with Crippen LogP contribution in [-0.4, -0.2) is 60.0 Å². The minimum atomic E-state index is -0.545. The van der Waals surface area contributed by atoms with E-state index in [-0.39, 0.29) is 25.0 Å². The second kappa shape index (κ2) is 13.0. The minimum Gasteiger partial charge on any atom is -0.451 e. The Morgan fingerprint density at radius 1 is 0.698 bits per heavy atom. The molecule has 9 heteroatoms. The van der Waals surface area contributed by atoms with Crippen molar-refractivity contribution in [3.63, 3.8) is 0 Å². The number of carbonyl (C=O) groups is 3. The molecule has 5 amide bonds. The molecule has 43 heavy (non-hydrogen) atoms. The van der Waals surface area contributed by atoms with E-state index in [1.54, 1.807) is 36.4 Å². The van der Waals surface area contributed by atoms with Gasteiger partial charge in [0.15, 0.2) is 5.76 Å². The van der Waals surface area contributed by atoms with Crippen molar-refractivity contribution in [2.24, 2.45) is 0 Å². The van der Waals surface area contributed by atoms with Crippen molar-refractivity contribution in [3.8, 4) is 11.3 Å². The fraction of sp³-hybridized carbons (Fsp3) is 0.265. The van der Waals surface area contributed by atoms with Gasteiger partial charge in [0.05, 0.1) is 5.69 Å². The normalized spacial score (nSPS) is 17.6. The number of furan rings is 1. The van der Waals surface area contributed by atoms with Crippen LogP contribution in [0, 0.1) is 0 Å². The monoisotopic (exact) mass is 577 g/mol. The Hall–Kier alpha value is -4.89. The average molecular weight is 578 g/mol. The van der Waals surface area contributed by atoms with E-state index in [2.05, 4.69) is 15.5 Å². The molecule has 7 rings (SSSR count). The number of urea groups is 2. The molecule has 220 valence electrons. The van der Waals surface area contributed by atoms with Crippen LogP contribution in [0.3, 0.4) is 0 Å². The molecule has 0 aliphatic carbocycles. The third-order valence-corrected chi connectivity index (χ3v) is 8.12. The SMILES string of the molecule is O=C(NCc1ccccc1)N(C(=O)NCc1ccccc1)c1ccc(-c2ccc(C(=O)N3CCN4CCC3CC4)o2)cc1. The van der Waals surface area contributed by atoms with Gasteiger partial charge in [-0.1, -0.05) is 60.7 Å². The molecule has 0 radical (unpaired) electrons. The number of hydrogen-bond acceptors (Lipinski definition) is 5. The number of imide groups is 1. The van der Waals surface area contributed by atoms with E-state index in [1.165, 1.54) is 0 Å². The molecule has 9 nitrogen and oxygen atoms in total. The number of hydrogen-bond donors (Lipinski definition) is 2. The fourth-order valence-electron chi connectivity index (χ4n) is 5.71. The van der Waals surface area contributed by atoms with Crippen LogP contribution in [0.5, 0.6) is 0 Å². The second-order valence-corrected chi connectivity index (χ2v) is 10.9. The molecule has 0 atom stereocenters. The van der Waals surface area contributed by atoms with Gasteiger partial charge in [0.1, 0.15) is 5.76 Å². The average Bonchev–Trinajstić information content (AvgIpc) is 3.36. The Labute approximate surface area is 251 Å². The van der Waals surface area contributed by atoms with Crippen LogP contribution in [0.25, 0.3) is 11.3 Å². The second-order valence-electron chi connectivity index (χ2n) is 10.9. The molecular weight excluding hydrogens is 542 g/mol. The molecule has 2 bridgehead atoms. The molecule has 3 aromatic carbocycles. The lowest BCUT2D eigenvalue weighted by atomic mass is 10.1. The Kier molecular flexibility index (Phi) is 8.51. The van der Waals surface area contributed by atoms with Gasteiger partial charge < -0.3 is 24.9 Å². The quantitative estimate of drug-likeness (QED) is 0.303. The van der Waals surface area contributed by atoms with Crippen molar-refractivity contribution < 1.29 is 18.8 Å². The summed E-state index contributed by atoms with van der Waals surface area (Å²) >= 11 is 0. The summed E-state index contributed by atoms with van der Waals surface area (Å²) in [6.45, 7) is 4.23. The molecule has 1 aromatic heterocycles. The molecular formula is C34H35N5O4. The Bertz CT molecular complexity index is 1490. The van der Waals surface area contributed by atoms with Gasteiger partial charge >= 0.3 is 12.1 Å². The molecule has 3 aliphatic heterocycles. The summed E-state index contributed by atoms with van der Waals surface area (Å²) in [5, 5.41) is 5.70. The van der Waals surface area contributed by atoms with Crippen molar-refractivity contribution in [3.05, 3.63) is 114 Å². The lowest BCUT2D eigenvalue weighted by Gasteiger charge is -2.30. The van der Waals surface area contributed by atoms with Gasteiger partial charge in [0.2, 0.25) is 0 Å². The van der Waals surface area contributed by atoms with E-state index < -0.39 is 12.1 Å². The molecule has 4 heterocycles. The summed E-state index contributed by atoms with van der Waals surface area (Å²) in [5.74, 6) is 0.793. The topological polar surface area (TPSA) is 98.1 Å². The van der Waals surface area contributed by atoms with E-state index in [9.17, 15) is 14.4 Å². The van der Waals surface area contributed by atoms with E-state index in [0.717, 1.165) is 54.1 Å². The van der Waals surface area contributed by atoms with E-state index in [1.807, 2.05) is 65.6 Å². The predicted molar refractivity (Wildman–Crippen MR) is 164 cm³/mol.